The number of nitrogens with one attached hydrogen (secondary N) is 1. The summed E-state index contributed by atoms with van der Waals surface area (Å²) in [4.78, 5) is 39.4. The SMILES string of the molecule is CCC1(c2ccccc2)NC(=O)N(CC(=O)OC2CC(C)CCC2C(C)C)C1=O. The summed E-state index contributed by atoms with van der Waals surface area (Å²) in [5.41, 5.74) is -0.406. The van der Waals surface area contributed by atoms with Crippen LogP contribution < -0.4 is 5.32 Å². The average molecular weight is 401 g/mol. The van der Waals surface area contributed by atoms with Gasteiger partial charge in [-0.3, -0.25) is 14.5 Å². The van der Waals surface area contributed by atoms with E-state index in [0.29, 0.717) is 24.2 Å². The van der Waals surface area contributed by atoms with E-state index in [1.165, 1.54) is 0 Å². The van der Waals surface area contributed by atoms with E-state index in [-0.39, 0.29) is 12.6 Å². The highest BCUT2D eigenvalue weighted by molar-refractivity contribution is 6.09. The molecule has 0 bridgehead atoms. The minimum atomic E-state index is -1.13. The molecule has 158 valence electrons. The van der Waals surface area contributed by atoms with E-state index in [1.54, 1.807) is 0 Å². The first-order chi connectivity index (χ1) is 13.8. The Morgan fingerprint density at radius 2 is 1.93 bits per heavy atom. The lowest BCUT2D eigenvalue weighted by Crippen LogP contribution is -2.44. The van der Waals surface area contributed by atoms with Gasteiger partial charge in [-0.2, -0.15) is 0 Å². The van der Waals surface area contributed by atoms with Crippen molar-refractivity contribution in [3.63, 3.8) is 0 Å². The van der Waals surface area contributed by atoms with Gasteiger partial charge in [0.1, 0.15) is 18.2 Å². The highest BCUT2D eigenvalue weighted by Crippen LogP contribution is 2.36. The molecule has 1 saturated heterocycles. The fourth-order valence-corrected chi connectivity index (χ4v) is 4.72. The van der Waals surface area contributed by atoms with Crippen molar-refractivity contribution in [2.24, 2.45) is 17.8 Å². The van der Waals surface area contributed by atoms with Crippen molar-refractivity contribution < 1.29 is 19.1 Å². The molecule has 4 atom stereocenters. The van der Waals surface area contributed by atoms with Gasteiger partial charge in [-0.1, -0.05) is 64.4 Å². The van der Waals surface area contributed by atoms with Crippen LogP contribution in [0.3, 0.4) is 0 Å². The number of benzene rings is 1. The Bertz CT molecular complexity index is 763. The van der Waals surface area contributed by atoms with Gasteiger partial charge in [0.05, 0.1) is 0 Å². The zero-order valence-corrected chi connectivity index (χ0v) is 17.8. The molecule has 2 aliphatic rings. The Hall–Kier alpha value is -2.37. The van der Waals surface area contributed by atoms with Gasteiger partial charge < -0.3 is 10.1 Å². The molecule has 0 radical (unpaired) electrons. The molecular weight excluding hydrogens is 368 g/mol. The number of hydrogen-bond donors (Lipinski definition) is 1. The van der Waals surface area contributed by atoms with Gasteiger partial charge in [0, 0.05) is 0 Å². The molecule has 1 aliphatic heterocycles. The van der Waals surface area contributed by atoms with Crippen molar-refractivity contribution in [3.05, 3.63) is 35.9 Å². The van der Waals surface area contributed by atoms with Crippen molar-refractivity contribution in [1.29, 1.82) is 0 Å². The first-order valence-electron chi connectivity index (χ1n) is 10.7. The predicted molar refractivity (Wildman–Crippen MR) is 110 cm³/mol. The van der Waals surface area contributed by atoms with Gasteiger partial charge in [-0.05, 0) is 42.6 Å². The molecule has 1 aromatic rings. The second-order valence-electron chi connectivity index (χ2n) is 8.80. The van der Waals surface area contributed by atoms with E-state index >= 15 is 0 Å². The lowest BCUT2D eigenvalue weighted by Gasteiger charge is -2.36. The maximum absolute atomic E-state index is 13.2. The first kappa shape index (κ1) is 21.3. The molecule has 1 aliphatic carbocycles. The Morgan fingerprint density at radius 3 is 2.55 bits per heavy atom. The maximum Gasteiger partial charge on any atom is 0.326 e. The van der Waals surface area contributed by atoms with Gasteiger partial charge >= 0.3 is 12.0 Å². The number of urea groups is 1. The van der Waals surface area contributed by atoms with Crippen LogP contribution in [0, 0.1) is 17.8 Å². The number of hydrogen-bond acceptors (Lipinski definition) is 4. The monoisotopic (exact) mass is 400 g/mol. The first-order valence-corrected chi connectivity index (χ1v) is 10.7. The van der Waals surface area contributed by atoms with E-state index in [2.05, 4.69) is 26.1 Å². The summed E-state index contributed by atoms with van der Waals surface area (Å²) >= 11 is 0. The van der Waals surface area contributed by atoms with Crippen LogP contribution in [0.4, 0.5) is 4.79 Å². The van der Waals surface area contributed by atoms with Crippen molar-refractivity contribution >= 4 is 17.9 Å². The van der Waals surface area contributed by atoms with Crippen LogP contribution in [0.25, 0.3) is 0 Å². The molecule has 0 aromatic heterocycles. The molecule has 6 nitrogen and oxygen atoms in total. The molecule has 29 heavy (non-hydrogen) atoms. The van der Waals surface area contributed by atoms with Crippen LogP contribution in [0.2, 0.25) is 0 Å². The quantitative estimate of drug-likeness (QED) is 0.581. The van der Waals surface area contributed by atoms with Crippen molar-refractivity contribution in [1.82, 2.24) is 10.2 Å². The molecule has 2 fully saturated rings. The van der Waals surface area contributed by atoms with Crippen LogP contribution in [0.5, 0.6) is 0 Å². The largest absolute Gasteiger partial charge is 0.461 e. The topological polar surface area (TPSA) is 75.7 Å². The summed E-state index contributed by atoms with van der Waals surface area (Å²) in [5, 5.41) is 2.81. The third-order valence-electron chi connectivity index (χ3n) is 6.50. The van der Waals surface area contributed by atoms with Crippen LogP contribution in [0.15, 0.2) is 30.3 Å². The molecule has 3 rings (SSSR count). The van der Waals surface area contributed by atoms with E-state index < -0.39 is 23.4 Å². The number of carbonyl (C=O) groups is 3. The lowest BCUT2D eigenvalue weighted by molar-refractivity contribution is -0.158. The second kappa shape index (κ2) is 8.56. The van der Waals surface area contributed by atoms with Crippen molar-refractivity contribution in [2.75, 3.05) is 6.54 Å². The molecule has 1 N–H and O–H groups in total. The van der Waals surface area contributed by atoms with Gasteiger partial charge in [-0.25, -0.2) is 4.79 Å². The fraction of sp³-hybridized carbons (Fsp3) is 0.609. The van der Waals surface area contributed by atoms with Gasteiger partial charge in [-0.15, -0.1) is 0 Å². The zero-order valence-electron chi connectivity index (χ0n) is 17.8. The van der Waals surface area contributed by atoms with E-state index in [0.717, 1.165) is 29.7 Å². The van der Waals surface area contributed by atoms with Crippen LogP contribution in [-0.4, -0.2) is 35.5 Å². The number of amides is 3. The number of imide groups is 1. The number of nitrogens with zero attached hydrogens (tertiary/aromatic N) is 1. The lowest BCUT2D eigenvalue weighted by atomic mass is 9.75. The summed E-state index contributed by atoms with van der Waals surface area (Å²) in [6, 6.07) is 8.62. The normalized spacial score (nSPS) is 29.8. The van der Waals surface area contributed by atoms with E-state index in [4.69, 9.17) is 4.74 Å². The summed E-state index contributed by atoms with van der Waals surface area (Å²) in [7, 11) is 0. The number of ether oxygens (including phenoxy) is 1. The maximum atomic E-state index is 13.2. The summed E-state index contributed by atoms with van der Waals surface area (Å²) in [6.07, 6.45) is 3.25. The van der Waals surface area contributed by atoms with Crippen LogP contribution >= 0.6 is 0 Å². The zero-order chi connectivity index (χ0) is 21.2. The fourth-order valence-electron chi connectivity index (χ4n) is 4.72. The highest BCUT2D eigenvalue weighted by atomic mass is 16.5. The van der Waals surface area contributed by atoms with Crippen molar-refractivity contribution in [2.45, 2.75) is 65.0 Å². The Kier molecular flexibility index (Phi) is 6.30. The molecule has 4 unspecified atom stereocenters. The summed E-state index contributed by atoms with van der Waals surface area (Å²) in [6.45, 7) is 7.96. The van der Waals surface area contributed by atoms with E-state index in [9.17, 15) is 14.4 Å². The summed E-state index contributed by atoms with van der Waals surface area (Å²) < 4.78 is 5.79. The molecular formula is C23H32N2O4. The molecule has 3 amide bonds. The van der Waals surface area contributed by atoms with Crippen molar-refractivity contribution in [3.8, 4) is 0 Å². The van der Waals surface area contributed by atoms with Gasteiger partial charge in [0.25, 0.3) is 5.91 Å². The smallest absolute Gasteiger partial charge is 0.326 e. The average Bonchev–Trinajstić information content (AvgIpc) is 2.93. The Labute approximate surface area is 173 Å². The number of esters is 1. The number of carbonyl (C=O) groups excluding carboxylic acids is 3. The van der Waals surface area contributed by atoms with Gasteiger partial charge in [0.2, 0.25) is 0 Å². The highest BCUT2D eigenvalue weighted by Gasteiger charge is 2.52. The third kappa shape index (κ3) is 4.16. The van der Waals surface area contributed by atoms with E-state index in [1.807, 2.05) is 37.3 Å². The molecule has 1 heterocycles. The summed E-state index contributed by atoms with van der Waals surface area (Å²) in [5.74, 6) is 0.328. The Balaban J connectivity index is 1.72. The van der Waals surface area contributed by atoms with Crippen LogP contribution in [0.1, 0.15) is 58.9 Å². The minimum absolute atomic E-state index is 0.155. The minimum Gasteiger partial charge on any atom is -0.461 e. The van der Waals surface area contributed by atoms with Gasteiger partial charge in [0.15, 0.2) is 0 Å². The predicted octanol–water partition coefficient (Wildman–Crippen LogP) is 3.85. The second-order valence-corrected chi connectivity index (χ2v) is 8.80. The third-order valence-corrected chi connectivity index (χ3v) is 6.50. The molecule has 1 saturated carbocycles. The standard InChI is InChI=1S/C23H32N2O4/c1-5-23(17-9-7-6-8-10-17)21(27)25(22(28)24-23)14-20(26)29-19-13-16(4)11-12-18(19)15(2)3/h6-10,15-16,18-19H,5,11-14H2,1-4H3,(H,24,28). The molecule has 6 heteroatoms. The number of rotatable bonds is 6. The Morgan fingerprint density at radius 1 is 1.24 bits per heavy atom. The molecule has 1 aromatic carbocycles. The van der Waals surface area contributed by atoms with Crippen LogP contribution in [-0.2, 0) is 19.9 Å². The molecule has 0 spiro atoms.